The van der Waals surface area contributed by atoms with E-state index >= 15 is 0 Å². The van der Waals surface area contributed by atoms with Gasteiger partial charge >= 0.3 is 6.61 Å². The molecule has 2 aromatic rings. The summed E-state index contributed by atoms with van der Waals surface area (Å²) in [6.07, 6.45) is 0. The summed E-state index contributed by atoms with van der Waals surface area (Å²) in [5.74, 6) is 0.905. The number of guanidine groups is 1. The van der Waals surface area contributed by atoms with E-state index in [9.17, 15) is 8.78 Å². The van der Waals surface area contributed by atoms with Crippen LogP contribution in [-0.4, -0.2) is 26.2 Å². The molecular formula is C17H21F2N3O2S. The molecule has 1 aromatic carbocycles. The Morgan fingerprint density at radius 1 is 1.20 bits per heavy atom. The molecule has 0 atom stereocenters. The van der Waals surface area contributed by atoms with Crippen LogP contribution in [0.5, 0.6) is 11.5 Å². The van der Waals surface area contributed by atoms with Gasteiger partial charge in [0.25, 0.3) is 0 Å². The summed E-state index contributed by atoms with van der Waals surface area (Å²) >= 11 is 1.64. The second kappa shape index (κ2) is 9.83. The fourth-order valence-corrected chi connectivity index (χ4v) is 2.82. The van der Waals surface area contributed by atoms with Crippen LogP contribution in [0.3, 0.4) is 0 Å². The lowest BCUT2D eigenvalue weighted by atomic mass is 10.2. The Hall–Kier alpha value is -2.35. The molecule has 1 heterocycles. The fourth-order valence-electron chi connectivity index (χ4n) is 2.18. The van der Waals surface area contributed by atoms with Crippen molar-refractivity contribution < 1.29 is 18.3 Å². The summed E-state index contributed by atoms with van der Waals surface area (Å²) in [5, 5.41) is 8.27. The maximum atomic E-state index is 12.7. The standard InChI is InChI=1S/C17H21F2N3O2S/c1-3-23-14-8-4-6-12(15(14)24-16(18)19)10-21-17(20-2)22-11-13-7-5-9-25-13/h4-9,16H,3,10-11H2,1-2H3,(H2,20,21,22). The molecule has 0 fully saturated rings. The molecule has 1 aromatic heterocycles. The molecular weight excluding hydrogens is 348 g/mol. The van der Waals surface area contributed by atoms with Crippen LogP contribution in [0.2, 0.25) is 0 Å². The molecule has 0 saturated heterocycles. The third-order valence-electron chi connectivity index (χ3n) is 3.25. The van der Waals surface area contributed by atoms with E-state index in [1.165, 1.54) is 4.88 Å². The smallest absolute Gasteiger partial charge is 0.387 e. The number of nitrogens with zero attached hydrogens (tertiary/aromatic N) is 1. The van der Waals surface area contributed by atoms with E-state index < -0.39 is 6.61 Å². The number of rotatable bonds is 8. The van der Waals surface area contributed by atoms with Gasteiger partial charge in [0.1, 0.15) is 0 Å². The number of aliphatic imine (C=N–C) groups is 1. The van der Waals surface area contributed by atoms with Gasteiger partial charge in [-0.15, -0.1) is 11.3 Å². The summed E-state index contributed by atoms with van der Waals surface area (Å²) in [6, 6.07) is 9.05. The van der Waals surface area contributed by atoms with Crippen LogP contribution in [0.1, 0.15) is 17.4 Å². The van der Waals surface area contributed by atoms with Crippen molar-refractivity contribution in [3.05, 3.63) is 46.2 Å². The predicted molar refractivity (Wildman–Crippen MR) is 95.6 cm³/mol. The molecule has 0 aliphatic rings. The van der Waals surface area contributed by atoms with Crippen LogP contribution in [0.25, 0.3) is 0 Å². The van der Waals surface area contributed by atoms with Crippen LogP contribution < -0.4 is 20.1 Å². The maximum absolute atomic E-state index is 12.7. The van der Waals surface area contributed by atoms with E-state index in [0.29, 0.717) is 30.4 Å². The number of benzene rings is 1. The Morgan fingerprint density at radius 2 is 2.00 bits per heavy atom. The van der Waals surface area contributed by atoms with Gasteiger partial charge in [0.2, 0.25) is 0 Å². The normalized spacial score (nSPS) is 11.5. The molecule has 0 amide bonds. The molecule has 0 aliphatic carbocycles. The van der Waals surface area contributed by atoms with Crippen molar-refractivity contribution in [3.63, 3.8) is 0 Å². The molecule has 0 saturated carbocycles. The largest absolute Gasteiger partial charge is 0.490 e. The van der Waals surface area contributed by atoms with Crippen molar-refractivity contribution >= 4 is 17.3 Å². The molecule has 0 bridgehead atoms. The molecule has 2 rings (SSSR count). The highest BCUT2D eigenvalue weighted by atomic mass is 32.1. The zero-order valence-electron chi connectivity index (χ0n) is 14.1. The Morgan fingerprint density at radius 3 is 2.64 bits per heavy atom. The molecule has 0 radical (unpaired) electrons. The van der Waals surface area contributed by atoms with Crippen molar-refractivity contribution in [2.24, 2.45) is 4.99 Å². The van der Waals surface area contributed by atoms with Crippen LogP contribution in [-0.2, 0) is 13.1 Å². The molecule has 8 heteroatoms. The topological polar surface area (TPSA) is 54.9 Å². The average molecular weight is 369 g/mol. The number of nitrogens with one attached hydrogen (secondary N) is 2. The molecule has 0 unspecified atom stereocenters. The maximum Gasteiger partial charge on any atom is 0.387 e. The third kappa shape index (κ3) is 5.90. The highest BCUT2D eigenvalue weighted by molar-refractivity contribution is 7.09. The summed E-state index contributed by atoms with van der Waals surface area (Å²) in [6.45, 7) is 0.134. The van der Waals surface area contributed by atoms with Crippen molar-refractivity contribution in [3.8, 4) is 11.5 Å². The van der Waals surface area contributed by atoms with Gasteiger partial charge in [-0.3, -0.25) is 4.99 Å². The van der Waals surface area contributed by atoms with Crippen molar-refractivity contribution in [2.75, 3.05) is 13.7 Å². The third-order valence-corrected chi connectivity index (χ3v) is 4.12. The number of hydrogen-bond acceptors (Lipinski definition) is 4. The second-order valence-corrected chi connectivity index (χ2v) is 5.95. The van der Waals surface area contributed by atoms with Gasteiger partial charge in [0.05, 0.1) is 13.2 Å². The van der Waals surface area contributed by atoms with E-state index in [4.69, 9.17) is 4.74 Å². The average Bonchev–Trinajstić information content (AvgIpc) is 3.10. The minimum absolute atomic E-state index is 0.0422. The zero-order chi connectivity index (χ0) is 18.1. The molecule has 2 N–H and O–H groups in total. The van der Waals surface area contributed by atoms with Crippen LogP contribution in [0, 0.1) is 0 Å². The predicted octanol–water partition coefficient (Wildman–Crippen LogP) is 3.61. The molecule has 5 nitrogen and oxygen atoms in total. The first-order valence-electron chi connectivity index (χ1n) is 7.80. The minimum Gasteiger partial charge on any atom is -0.490 e. The van der Waals surface area contributed by atoms with E-state index in [-0.39, 0.29) is 12.3 Å². The number of alkyl halides is 2. The van der Waals surface area contributed by atoms with Crippen LogP contribution >= 0.6 is 11.3 Å². The Bertz CT molecular complexity index is 679. The van der Waals surface area contributed by atoms with E-state index in [0.717, 1.165) is 0 Å². The van der Waals surface area contributed by atoms with Crippen LogP contribution in [0.15, 0.2) is 40.7 Å². The van der Waals surface area contributed by atoms with Gasteiger partial charge in [-0.2, -0.15) is 8.78 Å². The van der Waals surface area contributed by atoms with Crippen molar-refractivity contribution in [1.82, 2.24) is 10.6 Å². The minimum atomic E-state index is -2.92. The second-order valence-electron chi connectivity index (χ2n) is 4.91. The lowest BCUT2D eigenvalue weighted by Gasteiger charge is -2.17. The summed E-state index contributed by atoms with van der Waals surface area (Å²) in [7, 11) is 1.65. The molecule has 0 aliphatic heterocycles. The SMILES string of the molecule is CCOc1cccc(CNC(=NC)NCc2cccs2)c1OC(F)F. The van der Waals surface area contributed by atoms with Crippen molar-refractivity contribution in [1.29, 1.82) is 0 Å². The number of para-hydroxylation sites is 1. The van der Waals surface area contributed by atoms with Gasteiger partial charge in [-0.05, 0) is 24.4 Å². The van der Waals surface area contributed by atoms with Gasteiger partial charge in [-0.25, -0.2) is 0 Å². The van der Waals surface area contributed by atoms with E-state index in [2.05, 4.69) is 20.4 Å². The van der Waals surface area contributed by atoms with Crippen LogP contribution in [0.4, 0.5) is 8.78 Å². The lowest BCUT2D eigenvalue weighted by molar-refractivity contribution is -0.0520. The first kappa shape index (κ1) is 19.0. The monoisotopic (exact) mass is 369 g/mol. The first-order chi connectivity index (χ1) is 12.1. The Kier molecular flexibility index (Phi) is 7.46. The van der Waals surface area contributed by atoms with Gasteiger partial charge in [0.15, 0.2) is 17.5 Å². The summed E-state index contributed by atoms with van der Waals surface area (Å²) < 4.78 is 35.5. The highest BCUT2D eigenvalue weighted by Crippen LogP contribution is 2.32. The zero-order valence-corrected chi connectivity index (χ0v) is 14.9. The fraction of sp³-hybridized carbons (Fsp3) is 0.353. The van der Waals surface area contributed by atoms with Gasteiger partial charge < -0.3 is 20.1 Å². The Balaban J connectivity index is 2.03. The van der Waals surface area contributed by atoms with Gasteiger partial charge in [-0.1, -0.05) is 18.2 Å². The van der Waals surface area contributed by atoms with E-state index in [1.807, 2.05) is 17.5 Å². The molecule has 136 valence electrons. The lowest BCUT2D eigenvalue weighted by Crippen LogP contribution is -2.36. The molecule has 0 spiro atoms. The molecule has 25 heavy (non-hydrogen) atoms. The van der Waals surface area contributed by atoms with Crippen molar-refractivity contribution in [2.45, 2.75) is 26.6 Å². The Labute approximate surface area is 149 Å². The quantitative estimate of drug-likeness (QED) is 0.551. The summed E-state index contributed by atoms with van der Waals surface area (Å²) in [4.78, 5) is 5.30. The number of hydrogen-bond donors (Lipinski definition) is 2. The first-order valence-corrected chi connectivity index (χ1v) is 8.68. The highest BCUT2D eigenvalue weighted by Gasteiger charge is 2.16. The van der Waals surface area contributed by atoms with E-state index in [1.54, 1.807) is 43.5 Å². The number of halogens is 2. The van der Waals surface area contributed by atoms with Gasteiger partial charge in [0, 0.05) is 24.0 Å². The number of thiophene rings is 1. The summed E-state index contributed by atoms with van der Waals surface area (Å²) in [5.41, 5.74) is 0.560. The number of ether oxygens (including phenoxy) is 2.